The number of anilines is 3. The zero-order valence-electron chi connectivity index (χ0n) is 35.6. The maximum Gasteiger partial charge on any atom is 0.0462 e. The van der Waals surface area contributed by atoms with Crippen LogP contribution >= 0.6 is 0 Å². The summed E-state index contributed by atoms with van der Waals surface area (Å²) in [6.07, 6.45) is 3.17. The second-order valence-corrected chi connectivity index (χ2v) is 16.2. The first-order valence-corrected chi connectivity index (χ1v) is 22.0. The highest BCUT2D eigenvalue weighted by Gasteiger charge is 2.14. The van der Waals surface area contributed by atoms with Crippen LogP contribution in [0.3, 0.4) is 0 Å². The van der Waals surface area contributed by atoms with Crippen LogP contribution in [0, 0.1) is 0 Å². The molecule has 0 bridgehead atoms. The Morgan fingerprint density at radius 2 is 0.531 bits per heavy atom. The van der Waals surface area contributed by atoms with Gasteiger partial charge in [-0.2, -0.15) is 0 Å². The first-order valence-electron chi connectivity index (χ1n) is 22.0. The van der Waals surface area contributed by atoms with E-state index in [2.05, 4.69) is 278 Å². The molecule has 0 saturated carbocycles. The summed E-state index contributed by atoms with van der Waals surface area (Å²) in [5.41, 5.74) is 20.3. The van der Waals surface area contributed by atoms with Crippen molar-refractivity contribution in [2.24, 2.45) is 0 Å². The summed E-state index contributed by atoms with van der Waals surface area (Å²) in [4.78, 5) is 2.34. The van der Waals surface area contributed by atoms with E-state index in [1.54, 1.807) is 0 Å². The minimum absolute atomic E-state index is 0.823. The fraction of sp³-hybridized carbons (Fsp3) is 0.0159. The minimum Gasteiger partial charge on any atom is -0.311 e. The van der Waals surface area contributed by atoms with Crippen LogP contribution in [0.15, 0.2) is 267 Å². The zero-order chi connectivity index (χ0) is 42.9. The zero-order valence-corrected chi connectivity index (χ0v) is 35.6. The van der Waals surface area contributed by atoms with Gasteiger partial charge in [-0.05, 0) is 121 Å². The predicted octanol–water partition coefficient (Wildman–Crippen LogP) is 17.3. The fourth-order valence-electron chi connectivity index (χ4n) is 8.50. The van der Waals surface area contributed by atoms with E-state index in [0.29, 0.717) is 0 Å². The highest BCUT2D eigenvalue weighted by atomic mass is 15.1. The highest BCUT2D eigenvalue weighted by Crippen LogP contribution is 2.38. The molecule has 0 aromatic heterocycles. The molecule has 0 aliphatic rings. The molecule has 1 nitrogen and oxygen atoms in total. The van der Waals surface area contributed by atoms with Gasteiger partial charge in [-0.15, -0.1) is 0 Å². The summed E-state index contributed by atoms with van der Waals surface area (Å²) in [5.74, 6) is 0. The molecule has 10 rings (SSSR count). The number of allylic oxidation sites excluding steroid dienone is 1. The Morgan fingerprint density at radius 1 is 0.266 bits per heavy atom. The van der Waals surface area contributed by atoms with Gasteiger partial charge in [0.15, 0.2) is 0 Å². The van der Waals surface area contributed by atoms with Gasteiger partial charge in [0, 0.05) is 17.1 Å². The average Bonchev–Trinajstić information content (AvgIpc) is 3.38. The first-order chi connectivity index (χ1) is 31.7. The lowest BCUT2D eigenvalue weighted by Gasteiger charge is -2.26. The molecule has 0 heterocycles. The van der Waals surface area contributed by atoms with Crippen molar-refractivity contribution >= 4 is 28.7 Å². The van der Waals surface area contributed by atoms with Crippen LogP contribution in [0.2, 0.25) is 0 Å². The molecule has 10 aromatic rings. The van der Waals surface area contributed by atoms with Gasteiger partial charge in [0.2, 0.25) is 0 Å². The molecule has 0 saturated heterocycles. The fourth-order valence-corrected chi connectivity index (χ4v) is 8.50. The van der Waals surface area contributed by atoms with E-state index in [9.17, 15) is 0 Å². The number of nitrogens with zero attached hydrogens (tertiary/aromatic N) is 1. The molecule has 0 aliphatic heterocycles. The lowest BCUT2D eigenvalue weighted by atomic mass is 9.93. The summed E-state index contributed by atoms with van der Waals surface area (Å²) in [7, 11) is 0. The third-order valence-electron chi connectivity index (χ3n) is 12.0. The van der Waals surface area contributed by atoms with Crippen LogP contribution < -0.4 is 4.90 Å². The molecule has 10 aromatic carbocycles. The average molecular weight is 818 g/mol. The van der Waals surface area contributed by atoms with Gasteiger partial charge in [-0.25, -0.2) is 0 Å². The van der Waals surface area contributed by atoms with E-state index >= 15 is 0 Å². The summed E-state index contributed by atoms with van der Waals surface area (Å²) >= 11 is 0. The second kappa shape index (κ2) is 18.8. The van der Waals surface area contributed by atoms with E-state index < -0.39 is 0 Å². The number of hydrogen-bond donors (Lipinski definition) is 0. The Balaban J connectivity index is 0.931. The van der Waals surface area contributed by atoms with E-state index in [1.807, 2.05) is 0 Å². The Labute approximate surface area is 377 Å². The topological polar surface area (TPSA) is 3.24 Å². The quantitative estimate of drug-likeness (QED) is 0.111. The molecule has 0 amide bonds. The molecular weight excluding hydrogens is 771 g/mol. The van der Waals surface area contributed by atoms with E-state index in [4.69, 9.17) is 0 Å². The lowest BCUT2D eigenvalue weighted by molar-refractivity contribution is 1.28. The SMILES string of the molecule is C(=C(Cc1ccc(-c2ccccc2)cc1)c1ccc(-c2ccccc2)cc1)c1ccc(-c2ccc(N(c3ccc(-c4ccccc4)cc3)c3ccc(-c4ccccc4)cc3)cc2)cc1. The van der Waals surface area contributed by atoms with Crippen molar-refractivity contribution in [1.82, 2.24) is 0 Å². The number of rotatable bonds is 12. The van der Waals surface area contributed by atoms with Gasteiger partial charge in [0.05, 0.1) is 0 Å². The van der Waals surface area contributed by atoms with Crippen molar-refractivity contribution < 1.29 is 0 Å². The maximum atomic E-state index is 2.35. The van der Waals surface area contributed by atoms with Gasteiger partial charge in [-0.1, -0.05) is 237 Å². The molecular formula is C63H47N. The second-order valence-electron chi connectivity index (χ2n) is 16.2. The van der Waals surface area contributed by atoms with Crippen LogP contribution in [-0.4, -0.2) is 0 Å². The molecule has 0 radical (unpaired) electrons. The van der Waals surface area contributed by atoms with Crippen LogP contribution in [0.4, 0.5) is 17.1 Å². The highest BCUT2D eigenvalue weighted by molar-refractivity contribution is 5.85. The molecule has 0 unspecified atom stereocenters. The van der Waals surface area contributed by atoms with Crippen molar-refractivity contribution in [2.75, 3.05) is 4.90 Å². The van der Waals surface area contributed by atoms with Crippen LogP contribution in [0.1, 0.15) is 16.7 Å². The molecule has 1 heteroatoms. The Bertz CT molecular complexity index is 2980. The smallest absolute Gasteiger partial charge is 0.0462 e. The predicted molar refractivity (Wildman–Crippen MR) is 273 cm³/mol. The minimum atomic E-state index is 0.823. The first kappa shape index (κ1) is 39.9. The molecule has 304 valence electrons. The molecule has 0 spiro atoms. The van der Waals surface area contributed by atoms with Gasteiger partial charge in [0.1, 0.15) is 0 Å². The molecule has 0 aliphatic carbocycles. The summed E-state index contributed by atoms with van der Waals surface area (Å²) in [6.45, 7) is 0. The van der Waals surface area contributed by atoms with Crippen LogP contribution in [0.5, 0.6) is 0 Å². The Kier molecular flexibility index (Phi) is 11.7. The van der Waals surface area contributed by atoms with Crippen LogP contribution in [-0.2, 0) is 6.42 Å². The van der Waals surface area contributed by atoms with Crippen molar-refractivity contribution in [3.8, 4) is 55.6 Å². The molecule has 0 N–H and O–H groups in total. The largest absolute Gasteiger partial charge is 0.311 e. The number of hydrogen-bond acceptors (Lipinski definition) is 1. The van der Waals surface area contributed by atoms with Crippen molar-refractivity contribution in [3.63, 3.8) is 0 Å². The molecule has 0 fully saturated rings. The maximum absolute atomic E-state index is 2.35. The molecule has 0 atom stereocenters. The summed E-state index contributed by atoms with van der Waals surface area (Å²) in [6, 6.07) is 96.0. The van der Waals surface area contributed by atoms with E-state index in [-0.39, 0.29) is 0 Å². The lowest BCUT2D eigenvalue weighted by Crippen LogP contribution is -2.09. The van der Waals surface area contributed by atoms with Crippen molar-refractivity contribution in [3.05, 3.63) is 284 Å². The van der Waals surface area contributed by atoms with Gasteiger partial charge in [0.25, 0.3) is 0 Å². The Hall–Kier alpha value is -8.26. The third-order valence-corrected chi connectivity index (χ3v) is 12.0. The van der Waals surface area contributed by atoms with E-state index in [0.717, 1.165) is 23.5 Å². The van der Waals surface area contributed by atoms with Gasteiger partial charge in [-0.3, -0.25) is 0 Å². The number of benzene rings is 10. The van der Waals surface area contributed by atoms with Gasteiger partial charge >= 0.3 is 0 Å². The van der Waals surface area contributed by atoms with E-state index in [1.165, 1.54) is 77.9 Å². The standard InChI is InChI=1S/C63H47N/c1-5-13-49(14-6-1)53-25-21-47(22-26-53)45-60(59-31-29-55(30-32-59)50-15-7-2-8-16-50)46-48-23-27-54(28-24-48)58-37-43-63(44-38-58)64(61-39-33-56(34-40-61)51-17-9-3-10-18-51)62-41-35-57(36-42-62)52-19-11-4-12-20-52/h1-44,46H,45H2. The van der Waals surface area contributed by atoms with Crippen molar-refractivity contribution in [1.29, 1.82) is 0 Å². The monoisotopic (exact) mass is 817 g/mol. The normalized spacial score (nSPS) is 11.3. The third kappa shape index (κ3) is 9.16. The van der Waals surface area contributed by atoms with Crippen LogP contribution in [0.25, 0.3) is 67.3 Å². The summed E-state index contributed by atoms with van der Waals surface area (Å²) < 4.78 is 0. The van der Waals surface area contributed by atoms with Crippen molar-refractivity contribution in [2.45, 2.75) is 6.42 Å². The summed E-state index contributed by atoms with van der Waals surface area (Å²) in [5, 5.41) is 0. The molecule has 64 heavy (non-hydrogen) atoms. The Morgan fingerprint density at radius 3 is 0.859 bits per heavy atom. The van der Waals surface area contributed by atoms with Gasteiger partial charge < -0.3 is 4.90 Å².